The smallest absolute Gasteiger partial charge is 0.00552 e. The van der Waals surface area contributed by atoms with Crippen LogP contribution in [0.2, 0.25) is 0 Å². The molecule has 0 amide bonds. The average Bonchev–Trinajstić information content (AvgIpc) is 2.57. The summed E-state index contributed by atoms with van der Waals surface area (Å²) in [5.41, 5.74) is 9.22. The molecule has 0 aliphatic heterocycles. The predicted molar refractivity (Wildman–Crippen MR) is 71.9 cm³/mol. The lowest BCUT2D eigenvalue weighted by atomic mass is 9.88. The second-order valence-electron chi connectivity index (χ2n) is 5.22. The number of hydrogen-bond acceptors (Lipinski definition) is 0. The molecule has 0 saturated carbocycles. The van der Waals surface area contributed by atoms with Crippen LogP contribution in [0.1, 0.15) is 62.3 Å². The number of rotatable bonds is 2. The third-order valence-corrected chi connectivity index (χ3v) is 4.18. The van der Waals surface area contributed by atoms with E-state index >= 15 is 0 Å². The van der Waals surface area contributed by atoms with Gasteiger partial charge in [-0.2, -0.15) is 0 Å². The molecule has 0 radical (unpaired) electrons. The van der Waals surface area contributed by atoms with Crippen LogP contribution in [0.5, 0.6) is 0 Å². The Hall–Kier alpha value is -1.04. The molecule has 16 heavy (non-hydrogen) atoms. The van der Waals surface area contributed by atoms with Crippen molar-refractivity contribution in [1.29, 1.82) is 0 Å². The van der Waals surface area contributed by atoms with Gasteiger partial charge < -0.3 is 0 Å². The van der Waals surface area contributed by atoms with Crippen LogP contribution in [0.4, 0.5) is 0 Å². The molecule has 0 fully saturated rings. The molecule has 0 bridgehead atoms. The number of allylic oxidation sites excluding steroid dienone is 2. The van der Waals surface area contributed by atoms with Crippen LogP contribution in [0.25, 0.3) is 5.57 Å². The van der Waals surface area contributed by atoms with Crippen molar-refractivity contribution < 1.29 is 0 Å². The molecule has 0 heterocycles. The van der Waals surface area contributed by atoms with Crippen LogP contribution in [0, 0.1) is 6.92 Å². The summed E-state index contributed by atoms with van der Waals surface area (Å²) in [6.07, 6.45) is 2.39. The fourth-order valence-corrected chi connectivity index (χ4v) is 2.68. The molecule has 86 valence electrons. The van der Waals surface area contributed by atoms with Crippen molar-refractivity contribution in [2.75, 3.05) is 0 Å². The van der Waals surface area contributed by atoms with E-state index < -0.39 is 0 Å². The second kappa shape index (κ2) is 4.08. The van der Waals surface area contributed by atoms with Gasteiger partial charge in [-0.15, -0.1) is 0 Å². The maximum Gasteiger partial charge on any atom is -0.00552 e. The first-order valence-electron chi connectivity index (χ1n) is 6.35. The van der Waals surface area contributed by atoms with Gasteiger partial charge in [0.2, 0.25) is 0 Å². The minimum absolute atomic E-state index is 0.676. The lowest BCUT2D eigenvalue weighted by molar-refractivity contribution is 0.730. The van der Waals surface area contributed by atoms with Gasteiger partial charge in [0, 0.05) is 0 Å². The number of benzene rings is 1. The minimum atomic E-state index is 0.676. The van der Waals surface area contributed by atoms with Crippen molar-refractivity contribution in [3.05, 3.63) is 40.0 Å². The number of hydrogen-bond donors (Lipinski definition) is 0. The third-order valence-electron chi connectivity index (χ3n) is 4.18. The SMILES string of the molecule is CCC(C)c1ccc(C)c2c1C(C)=C(C)C2. The monoisotopic (exact) mass is 214 g/mol. The number of fused-ring (bicyclic) bond motifs is 1. The van der Waals surface area contributed by atoms with Gasteiger partial charge in [-0.3, -0.25) is 0 Å². The van der Waals surface area contributed by atoms with Gasteiger partial charge in [0.1, 0.15) is 0 Å². The topological polar surface area (TPSA) is 0 Å². The molecule has 1 unspecified atom stereocenters. The Morgan fingerprint density at radius 1 is 1.19 bits per heavy atom. The zero-order valence-electron chi connectivity index (χ0n) is 11.1. The normalized spacial score (nSPS) is 16.6. The first-order chi connectivity index (χ1) is 7.56. The standard InChI is InChI=1S/C16H22/c1-6-10(2)14-8-7-11(3)15-9-12(4)13(5)16(14)15/h7-8,10H,6,9H2,1-5H3. The Morgan fingerprint density at radius 3 is 2.50 bits per heavy atom. The summed E-state index contributed by atoms with van der Waals surface area (Å²) in [7, 11) is 0. The lowest BCUT2D eigenvalue weighted by Gasteiger charge is -2.17. The van der Waals surface area contributed by atoms with E-state index in [1.165, 1.54) is 17.6 Å². The molecule has 0 nitrogen and oxygen atoms in total. The molecule has 2 rings (SSSR count). The van der Waals surface area contributed by atoms with Crippen LogP contribution in [0.15, 0.2) is 17.7 Å². The van der Waals surface area contributed by atoms with Crippen LogP contribution >= 0.6 is 0 Å². The molecule has 0 heteroatoms. The second-order valence-corrected chi connectivity index (χ2v) is 5.22. The first-order valence-corrected chi connectivity index (χ1v) is 6.35. The van der Waals surface area contributed by atoms with Crippen LogP contribution in [-0.2, 0) is 6.42 Å². The molecule has 0 saturated heterocycles. The van der Waals surface area contributed by atoms with E-state index in [1.54, 1.807) is 22.3 Å². The first kappa shape index (κ1) is 11.4. The quantitative estimate of drug-likeness (QED) is 0.659. The van der Waals surface area contributed by atoms with Crippen molar-refractivity contribution in [1.82, 2.24) is 0 Å². The maximum absolute atomic E-state index is 2.34. The largest absolute Gasteiger partial charge is 0.0654 e. The van der Waals surface area contributed by atoms with E-state index in [4.69, 9.17) is 0 Å². The molecule has 1 aliphatic rings. The summed E-state index contributed by atoms with van der Waals surface area (Å²) in [6.45, 7) is 11.4. The highest BCUT2D eigenvalue weighted by molar-refractivity contribution is 5.78. The molecule has 0 aromatic heterocycles. The van der Waals surface area contributed by atoms with E-state index in [0.717, 1.165) is 6.42 Å². The van der Waals surface area contributed by atoms with E-state index in [2.05, 4.69) is 46.8 Å². The van der Waals surface area contributed by atoms with Crippen molar-refractivity contribution in [3.8, 4) is 0 Å². The molecule has 1 aromatic rings. The average molecular weight is 214 g/mol. The van der Waals surface area contributed by atoms with Gasteiger partial charge >= 0.3 is 0 Å². The van der Waals surface area contributed by atoms with Gasteiger partial charge in [0.15, 0.2) is 0 Å². The van der Waals surface area contributed by atoms with Gasteiger partial charge in [0.05, 0.1) is 0 Å². The van der Waals surface area contributed by atoms with Gasteiger partial charge in [-0.05, 0) is 67.4 Å². The molecule has 0 spiro atoms. The summed E-state index contributed by atoms with van der Waals surface area (Å²) < 4.78 is 0. The fourth-order valence-electron chi connectivity index (χ4n) is 2.68. The van der Waals surface area contributed by atoms with Gasteiger partial charge in [-0.1, -0.05) is 31.6 Å². The molecule has 1 atom stereocenters. The molecule has 1 aromatic carbocycles. The Morgan fingerprint density at radius 2 is 1.88 bits per heavy atom. The summed E-state index contributed by atoms with van der Waals surface area (Å²) >= 11 is 0. The molecular weight excluding hydrogens is 192 g/mol. The van der Waals surface area contributed by atoms with Crippen LogP contribution in [-0.4, -0.2) is 0 Å². The highest BCUT2D eigenvalue weighted by atomic mass is 14.3. The summed E-state index contributed by atoms with van der Waals surface area (Å²) in [4.78, 5) is 0. The zero-order valence-corrected chi connectivity index (χ0v) is 11.1. The minimum Gasteiger partial charge on any atom is -0.0654 e. The Kier molecular flexibility index (Phi) is 2.92. The summed E-state index contributed by atoms with van der Waals surface area (Å²) in [5, 5.41) is 0. The van der Waals surface area contributed by atoms with Crippen molar-refractivity contribution in [2.24, 2.45) is 0 Å². The predicted octanol–water partition coefficient (Wildman–Crippen LogP) is 4.86. The highest BCUT2D eigenvalue weighted by Crippen LogP contribution is 2.39. The van der Waals surface area contributed by atoms with Crippen LogP contribution < -0.4 is 0 Å². The van der Waals surface area contributed by atoms with Crippen molar-refractivity contribution >= 4 is 5.57 Å². The molecule has 1 aliphatic carbocycles. The Labute approximate surface area is 99.4 Å². The van der Waals surface area contributed by atoms with Crippen molar-refractivity contribution in [2.45, 2.75) is 53.4 Å². The van der Waals surface area contributed by atoms with Gasteiger partial charge in [0.25, 0.3) is 0 Å². The molecular formula is C16H22. The van der Waals surface area contributed by atoms with E-state index in [0.29, 0.717) is 5.92 Å². The number of aryl methyl sites for hydroxylation is 1. The Balaban J connectivity index is 2.63. The summed E-state index contributed by atoms with van der Waals surface area (Å²) in [5.74, 6) is 0.676. The fraction of sp³-hybridized carbons (Fsp3) is 0.500. The summed E-state index contributed by atoms with van der Waals surface area (Å²) in [6, 6.07) is 4.64. The van der Waals surface area contributed by atoms with Crippen LogP contribution in [0.3, 0.4) is 0 Å². The van der Waals surface area contributed by atoms with E-state index in [-0.39, 0.29) is 0 Å². The van der Waals surface area contributed by atoms with Gasteiger partial charge in [-0.25, -0.2) is 0 Å². The van der Waals surface area contributed by atoms with E-state index in [1.807, 2.05) is 0 Å². The lowest BCUT2D eigenvalue weighted by Crippen LogP contribution is -2.00. The zero-order chi connectivity index (χ0) is 11.9. The maximum atomic E-state index is 2.34. The highest BCUT2D eigenvalue weighted by Gasteiger charge is 2.22. The van der Waals surface area contributed by atoms with E-state index in [9.17, 15) is 0 Å². The third kappa shape index (κ3) is 1.61. The Bertz CT molecular complexity index is 449. The molecule has 0 N–H and O–H groups in total. The van der Waals surface area contributed by atoms with Crippen molar-refractivity contribution in [3.63, 3.8) is 0 Å².